The van der Waals surface area contributed by atoms with Gasteiger partial charge in [0.25, 0.3) is 0 Å². The molecule has 0 aromatic carbocycles. The van der Waals surface area contributed by atoms with E-state index in [4.69, 9.17) is 18.5 Å². The molecule has 2 unspecified atom stereocenters. The molecule has 2 aliphatic heterocycles. The Morgan fingerprint density at radius 3 is 1.82 bits per heavy atom. The number of rotatable bonds is 24. The summed E-state index contributed by atoms with van der Waals surface area (Å²) in [6.45, 7) is 5.93. The lowest BCUT2D eigenvalue weighted by Gasteiger charge is -2.37. The Morgan fingerprint density at radius 2 is 1.33 bits per heavy atom. The highest BCUT2D eigenvalue weighted by Gasteiger charge is 2.40. The molecule has 7 nitrogen and oxygen atoms in total. The summed E-state index contributed by atoms with van der Waals surface area (Å²) in [5.74, 6) is 0. The molecule has 1 N–H and O–H groups in total. The van der Waals surface area contributed by atoms with Gasteiger partial charge in [0.1, 0.15) is 5.60 Å². The minimum Gasteiger partial charge on any atom is -0.378 e. The third kappa shape index (κ3) is 16.9. The molecule has 0 aromatic rings. The molecule has 0 amide bonds. The molecule has 2 rings (SSSR count). The van der Waals surface area contributed by atoms with Gasteiger partial charge in [-0.1, -0.05) is 103 Å². The van der Waals surface area contributed by atoms with Crippen molar-refractivity contribution in [1.82, 2.24) is 0 Å². The van der Waals surface area contributed by atoms with Crippen LogP contribution in [0.15, 0.2) is 0 Å². The van der Waals surface area contributed by atoms with E-state index < -0.39 is 13.4 Å². The van der Waals surface area contributed by atoms with Crippen molar-refractivity contribution >= 4 is 7.82 Å². The van der Waals surface area contributed by atoms with Gasteiger partial charge in [-0.25, -0.2) is 4.57 Å². The lowest BCUT2D eigenvalue weighted by atomic mass is 10.0. The van der Waals surface area contributed by atoms with Gasteiger partial charge < -0.3 is 18.9 Å². The average molecular weight is 577 g/mol. The molecular formula is C31H63NO6P+. The van der Waals surface area contributed by atoms with E-state index in [-0.39, 0.29) is 12.7 Å². The molecule has 2 aliphatic rings. The molecule has 2 saturated heterocycles. The molecule has 0 saturated carbocycles. The van der Waals surface area contributed by atoms with Crippen LogP contribution < -0.4 is 0 Å². The van der Waals surface area contributed by atoms with Gasteiger partial charge in [-0.15, -0.1) is 0 Å². The largest absolute Gasteiger partial charge is 0.472 e. The van der Waals surface area contributed by atoms with Crippen molar-refractivity contribution in [1.29, 1.82) is 0 Å². The first-order valence-corrected chi connectivity index (χ1v) is 17.9. The SMILES string of the molecule is CCCCCCCCCCCCCCCCCCOCC1(COP(=O)(O)OC2CC[N+](C)(C)CC2)CCCO1. The summed E-state index contributed by atoms with van der Waals surface area (Å²) in [4.78, 5) is 10.3. The Bertz CT molecular complexity index is 645. The van der Waals surface area contributed by atoms with E-state index in [0.29, 0.717) is 19.8 Å². The van der Waals surface area contributed by atoms with Gasteiger partial charge in [-0.2, -0.15) is 0 Å². The van der Waals surface area contributed by atoms with E-state index >= 15 is 0 Å². The van der Waals surface area contributed by atoms with E-state index in [1.54, 1.807) is 0 Å². The number of ether oxygens (including phenoxy) is 2. The first-order valence-electron chi connectivity index (χ1n) is 16.5. The van der Waals surface area contributed by atoms with Crippen molar-refractivity contribution in [2.75, 3.05) is 53.6 Å². The lowest BCUT2D eigenvalue weighted by Crippen LogP contribution is -2.47. The molecule has 0 bridgehead atoms. The molecule has 2 fully saturated rings. The van der Waals surface area contributed by atoms with Gasteiger partial charge in [0.2, 0.25) is 0 Å². The van der Waals surface area contributed by atoms with Gasteiger partial charge in [-0.3, -0.25) is 9.05 Å². The van der Waals surface area contributed by atoms with Crippen molar-refractivity contribution in [2.45, 2.75) is 147 Å². The smallest absolute Gasteiger partial charge is 0.378 e. The summed E-state index contributed by atoms with van der Waals surface area (Å²) < 4.78 is 36.4. The van der Waals surface area contributed by atoms with Crippen LogP contribution in [0.3, 0.4) is 0 Å². The highest BCUT2D eigenvalue weighted by Crippen LogP contribution is 2.47. The molecule has 232 valence electrons. The molecule has 0 spiro atoms. The maximum Gasteiger partial charge on any atom is 0.472 e. The van der Waals surface area contributed by atoms with Crippen LogP contribution in [-0.4, -0.2) is 74.7 Å². The van der Waals surface area contributed by atoms with Crippen molar-refractivity contribution in [3.8, 4) is 0 Å². The maximum absolute atomic E-state index is 12.6. The Hall–Kier alpha value is -0.0100. The van der Waals surface area contributed by atoms with E-state index in [9.17, 15) is 9.46 Å². The van der Waals surface area contributed by atoms with Gasteiger partial charge in [0.05, 0.1) is 46.5 Å². The number of unbranched alkanes of at least 4 members (excludes halogenated alkanes) is 15. The van der Waals surface area contributed by atoms with Crippen molar-refractivity contribution < 1.29 is 32.5 Å². The first-order chi connectivity index (χ1) is 18.8. The zero-order valence-corrected chi connectivity index (χ0v) is 26.7. The second kappa shape index (κ2) is 20.0. The van der Waals surface area contributed by atoms with Crippen LogP contribution in [0.4, 0.5) is 0 Å². The zero-order chi connectivity index (χ0) is 28.3. The van der Waals surface area contributed by atoms with E-state index in [1.807, 2.05) is 0 Å². The molecular weight excluding hydrogens is 513 g/mol. The number of quaternary nitrogens is 1. The highest BCUT2D eigenvalue weighted by molar-refractivity contribution is 7.47. The van der Waals surface area contributed by atoms with E-state index in [0.717, 1.165) is 49.7 Å². The number of piperidine rings is 1. The summed E-state index contributed by atoms with van der Waals surface area (Å²) >= 11 is 0. The number of hydrogen-bond donors (Lipinski definition) is 1. The molecule has 8 heteroatoms. The van der Waals surface area contributed by atoms with Gasteiger partial charge in [0, 0.05) is 26.1 Å². The van der Waals surface area contributed by atoms with Crippen LogP contribution in [0, 0.1) is 0 Å². The van der Waals surface area contributed by atoms with Crippen molar-refractivity contribution in [3.63, 3.8) is 0 Å². The van der Waals surface area contributed by atoms with Gasteiger partial charge in [-0.05, 0) is 19.3 Å². The normalized spacial score (nSPS) is 23.3. The average Bonchev–Trinajstić information content (AvgIpc) is 3.37. The maximum atomic E-state index is 12.6. The van der Waals surface area contributed by atoms with Crippen LogP contribution >= 0.6 is 7.82 Å². The summed E-state index contributed by atoms with van der Waals surface area (Å²) in [6.07, 6.45) is 24.7. The van der Waals surface area contributed by atoms with Crippen LogP contribution in [0.5, 0.6) is 0 Å². The van der Waals surface area contributed by atoms with Gasteiger partial charge >= 0.3 is 7.82 Å². The monoisotopic (exact) mass is 576 g/mol. The Balaban J connectivity index is 1.44. The number of nitrogens with zero attached hydrogens (tertiary/aromatic N) is 1. The molecule has 39 heavy (non-hydrogen) atoms. The standard InChI is InChI=1S/C31H62NO6P/c1-4-5-6-7-8-9-10-11-12-13-14-15-16-17-18-19-26-35-28-31(23-20-27-36-31)29-37-39(33,34)38-30-21-24-32(2,3)25-22-30/h30H,4-29H2,1-3H3/p+1. The highest BCUT2D eigenvalue weighted by atomic mass is 31.2. The summed E-state index contributed by atoms with van der Waals surface area (Å²) in [6, 6.07) is 0. The number of hydrogen-bond acceptors (Lipinski definition) is 5. The van der Waals surface area contributed by atoms with E-state index in [1.165, 1.54) is 96.3 Å². The Kier molecular flexibility index (Phi) is 18.0. The Morgan fingerprint density at radius 1 is 0.821 bits per heavy atom. The minimum atomic E-state index is -4.12. The summed E-state index contributed by atoms with van der Waals surface area (Å²) in [5, 5.41) is 0. The molecule has 0 aromatic heterocycles. The quantitative estimate of drug-likeness (QED) is 0.0709. The van der Waals surface area contributed by atoms with Crippen LogP contribution in [0.2, 0.25) is 0 Å². The van der Waals surface area contributed by atoms with E-state index in [2.05, 4.69) is 21.0 Å². The number of phosphoric ester groups is 1. The second-order valence-corrected chi connectivity index (χ2v) is 14.3. The Labute approximate surface area is 240 Å². The topological polar surface area (TPSA) is 74.2 Å². The zero-order valence-electron chi connectivity index (χ0n) is 25.8. The molecule has 0 aliphatic carbocycles. The molecule has 0 radical (unpaired) electrons. The van der Waals surface area contributed by atoms with Crippen molar-refractivity contribution in [3.05, 3.63) is 0 Å². The van der Waals surface area contributed by atoms with Gasteiger partial charge in [0.15, 0.2) is 0 Å². The third-order valence-electron chi connectivity index (χ3n) is 8.58. The molecule has 2 heterocycles. The lowest BCUT2D eigenvalue weighted by molar-refractivity contribution is -0.896. The predicted octanol–water partition coefficient (Wildman–Crippen LogP) is 8.19. The minimum absolute atomic E-state index is 0.0357. The predicted molar refractivity (Wildman–Crippen MR) is 160 cm³/mol. The van der Waals surface area contributed by atoms with Crippen LogP contribution in [0.1, 0.15) is 135 Å². The number of phosphoric acid groups is 1. The fraction of sp³-hybridized carbons (Fsp3) is 1.00. The summed E-state index contributed by atoms with van der Waals surface area (Å²) in [5.41, 5.74) is -0.637. The van der Waals surface area contributed by atoms with Crippen LogP contribution in [-0.2, 0) is 23.1 Å². The first kappa shape index (κ1) is 35.2. The number of likely N-dealkylation sites (tertiary alicyclic amines) is 1. The molecule has 2 atom stereocenters. The van der Waals surface area contributed by atoms with Crippen molar-refractivity contribution in [2.24, 2.45) is 0 Å². The van der Waals surface area contributed by atoms with Crippen LogP contribution in [0.25, 0.3) is 0 Å². The summed E-state index contributed by atoms with van der Waals surface area (Å²) in [7, 11) is 0.227. The fourth-order valence-corrected chi connectivity index (χ4v) is 6.85. The third-order valence-corrected chi connectivity index (χ3v) is 9.60. The fourth-order valence-electron chi connectivity index (χ4n) is 5.80. The second-order valence-electron chi connectivity index (χ2n) is 12.9.